The lowest BCUT2D eigenvalue weighted by molar-refractivity contribution is 0.0412. The highest BCUT2D eigenvalue weighted by Gasteiger charge is 2.37. The predicted molar refractivity (Wildman–Crippen MR) is 89.6 cm³/mol. The molecule has 2 aliphatic rings. The Bertz CT molecular complexity index is 743. The first kappa shape index (κ1) is 14.7. The van der Waals surface area contributed by atoms with Crippen molar-refractivity contribution in [3.05, 3.63) is 58.9 Å². The molecule has 23 heavy (non-hydrogen) atoms. The number of hydrogen-bond donors (Lipinski definition) is 0. The predicted octanol–water partition coefficient (Wildman–Crippen LogP) is 3.78. The number of benzene rings is 1. The summed E-state index contributed by atoms with van der Waals surface area (Å²) in [5, 5.41) is 0. The summed E-state index contributed by atoms with van der Waals surface area (Å²) in [7, 11) is 0. The molecule has 1 unspecified atom stereocenters. The smallest absolute Gasteiger partial charge is 0.180 e. The topological polar surface area (TPSA) is 31.2 Å². The number of Topliss-reactive ketones (excluding diaryl/α,β-unsaturated/α-hetero) is 1. The second-order valence-corrected chi connectivity index (χ2v) is 7.68. The summed E-state index contributed by atoms with van der Waals surface area (Å²) in [6.07, 6.45) is 2.74. The van der Waals surface area contributed by atoms with Gasteiger partial charge in [0.05, 0.1) is 18.4 Å². The van der Waals surface area contributed by atoms with Gasteiger partial charge in [-0.1, -0.05) is 44.2 Å². The number of ether oxygens (including phenoxy) is 1. The fraction of sp³-hybridized carbons (Fsp3) is 0.450. The maximum atomic E-state index is 12.5. The van der Waals surface area contributed by atoms with Crippen LogP contribution in [0.5, 0.6) is 0 Å². The van der Waals surface area contributed by atoms with Gasteiger partial charge in [-0.05, 0) is 29.0 Å². The minimum absolute atomic E-state index is 0.0932. The van der Waals surface area contributed by atoms with Crippen LogP contribution in [0.25, 0.3) is 0 Å². The molecular weight excluding hydrogens is 286 g/mol. The molecule has 2 heterocycles. The molecule has 0 saturated heterocycles. The molecule has 1 aromatic carbocycles. The van der Waals surface area contributed by atoms with Crippen LogP contribution in [0.2, 0.25) is 0 Å². The van der Waals surface area contributed by atoms with E-state index in [1.165, 1.54) is 16.8 Å². The van der Waals surface area contributed by atoms with Gasteiger partial charge in [0.2, 0.25) is 0 Å². The van der Waals surface area contributed by atoms with E-state index >= 15 is 0 Å². The summed E-state index contributed by atoms with van der Waals surface area (Å²) in [6, 6.07) is 12.5. The minimum atomic E-state index is 0.0932. The molecule has 4 rings (SSSR count). The third kappa shape index (κ3) is 2.74. The van der Waals surface area contributed by atoms with Crippen LogP contribution in [0.15, 0.2) is 36.4 Å². The molecule has 0 saturated carbocycles. The number of ketones is 1. The van der Waals surface area contributed by atoms with Gasteiger partial charge in [-0.15, -0.1) is 0 Å². The van der Waals surface area contributed by atoms with Crippen molar-refractivity contribution in [1.29, 1.82) is 0 Å². The number of carbonyl (C=O) groups excluding carboxylic acids is 1. The Kier molecular flexibility index (Phi) is 3.42. The van der Waals surface area contributed by atoms with Crippen molar-refractivity contribution < 1.29 is 9.53 Å². The van der Waals surface area contributed by atoms with Gasteiger partial charge in [-0.3, -0.25) is 4.79 Å². The number of aromatic nitrogens is 1. The average Bonchev–Trinajstić information content (AvgIpc) is 3.01. The fourth-order valence-electron chi connectivity index (χ4n) is 4.00. The van der Waals surface area contributed by atoms with Crippen molar-refractivity contribution in [2.75, 3.05) is 0 Å². The van der Waals surface area contributed by atoms with Crippen LogP contribution < -0.4 is 0 Å². The largest absolute Gasteiger partial charge is 0.371 e. The van der Waals surface area contributed by atoms with Crippen LogP contribution in [0.3, 0.4) is 0 Å². The Hall–Kier alpha value is -1.87. The van der Waals surface area contributed by atoms with Crippen molar-refractivity contribution in [3.8, 4) is 0 Å². The molecular formula is C20H23NO2. The van der Waals surface area contributed by atoms with Gasteiger partial charge in [0.15, 0.2) is 5.78 Å². The molecule has 3 nitrogen and oxygen atoms in total. The minimum Gasteiger partial charge on any atom is -0.371 e. The van der Waals surface area contributed by atoms with Gasteiger partial charge < -0.3 is 9.30 Å². The highest BCUT2D eigenvalue weighted by Crippen LogP contribution is 2.38. The van der Waals surface area contributed by atoms with Crippen LogP contribution in [0.4, 0.5) is 0 Å². The zero-order valence-electron chi connectivity index (χ0n) is 13.8. The van der Waals surface area contributed by atoms with Gasteiger partial charge in [-0.25, -0.2) is 0 Å². The summed E-state index contributed by atoms with van der Waals surface area (Å²) in [6.45, 7) is 5.81. The van der Waals surface area contributed by atoms with Gasteiger partial charge in [0.25, 0.3) is 0 Å². The van der Waals surface area contributed by atoms with Crippen molar-refractivity contribution >= 4 is 5.78 Å². The first-order valence-corrected chi connectivity index (χ1v) is 8.42. The van der Waals surface area contributed by atoms with E-state index in [2.05, 4.69) is 36.6 Å². The van der Waals surface area contributed by atoms with E-state index in [0.717, 1.165) is 25.1 Å². The Balaban J connectivity index is 1.48. The van der Waals surface area contributed by atoms with Crippen molar-refractivity contribution in [3.63, 3.8) is 0 Å². The summed E-state index contributed by atoms with van der Waals surface area (Å²) in [5.74, 6) is 0.297. The van der Waals surface area contributed by atoms with Gasteiger partial charge in [-0.2, -0.15) is 0 Å². The lowest BCUT2D eigenvalue weighted by atomic mass is 9.76. The van der Waals surface area contributed by atoms with E-state index in [1.54, 1.807) is 0 Å². The Morgan fingerprint density at radius 1 is 1.22 bits per heavy atom. The normalized spacial score (nSPS) is 22.0. The molecule has 3 heteroatoms. The number of fused-ring (bicyclic) bond motifs is 3. The number of nitrogens with zero attached hydrogens (tertiary/aromatic N) is 1. The highest BCUT2D eigenvalue weighted by molar-refractivity contribution is 5.98. The van der Waals surface area contributed by atoms with Crippen LogP contribution in [0, 0.1) is 5.41 Å². The molecule has 0 spiro atoms. The van der Waals surface area contributed by atoms with Gasteiger partial charge in [0, 0.05) is 25.1 Å². The Labute approximate surface area is 137 Å². The van der Waals surface area contributed by atoms with Crippen molar-refractivity contribution in [2.45, 2.75) is 52.4 Å². The number of hydrogen-bond acceptors (Lipinski definition) is 2. The molecule has 0 N–H and O–H groups in total. The molecule has 2 aromatic rings. The quantitative estimate of drug-likeness (QED) is 0.864. The van der Waals surface area contributed by atoms with E-state index in [0.29, 0.717) is 18.8 Å². The van der Waals surface area contributed by atoms with E-state index in [-0.39, 0.29) is 11.5 Å². The van der Waals surface area contributed by atoms with Crippen LogP contribution in [-0.2, 0) is 30.7 Å². The fourth-order valence-corrected chi connectivity index (χ4v) is 4.00. The van der Waals surface area contributed by atoms with Crippen molar-refractivity contribution in [2.24, 2.45) is 5.41 Å². The average molecular weight is 309 g/mol. The SMILES string of the molecule is CC1(C)CC(=O)c2c(cc3n2CC(OCc2ccccc2)C3)C1. The van der Waals surface area contributed by atoms with E-state index in [9.17, 15) is 4.79 Å². The van der Waals surface area contributed by atoms with E-state index in [1.807, 2.05) is 18.2 Å². The summed E-state index contributed by atoms with van der Waals surface area (Å²) < 4.78 is 8.28. The van der Waals surface area contributed by atoms with Crippen LogP contribution in [-0.4, -0.2) is 16.5 Å². The molecule has 1 atom stereocenters. The molecule has 1 aliphatic heterocycles. The molecule has 0 bridgehead atoms. The molecule has 0 fully saturated rings. The van der Waals surface area contributed by atoms with E-state index < -0.39 is 0 Å². The third-order valence-corrected chi connectivity index (χ3v) is 4.99. The lowest BCUT2D eigenvalue weighted by Crippen LogP contribution is -2.28. The standard InChI is InChI=1S/C20H23NO2/c1-20(2)10-15-8-16-9-17(12-21(16)19(15)18(22)11-20)23-13-14-6-4-3-5-7-14/h3-8,17H,9-13H2,1-2H3. The number of rotatable bonds is 3. The Morgan fingerprint density at radius 2 is 2.00 bits per heavy atom. The maximum Gasteiger partial charge on any atom is 0.180 e. The highest BCUT2D eigenvalue weighted by atomic mass is 16.5. The first-order chi connectivity index (χ1) is 11.0. The van der Waals surface area contributed by atoms with Gasteiger partial charge >= 0.3 is 0 Å². The molecule has 120 valence electrons. The van der Waals surface area contributed by atoms with E-state index in [4.69, 9.17) is 4.74 Å². The Morgan fingerprint density at radius 3 is 2.78 bits per heavy atom. The van der Waals surface area contributed by atoms with Crippen molar-refractivity contribution in [1.82, 2.24) is 4.57 Å². The second kappa shape index (κ2) is 5.34. The molecule has 0 amide bonds. The summed E-state index contributed by atoms with van der Waals surface area (Å²) >= 11 is 0. The molecule has 0 radical (unpaired) electrons. The third-order valence-electron chi connectivity index (χ3n) is 4.99. The zero-order valence-corrected chi connectivity index (χ0v) is 13.8. The first-order valence-electron chi connectivity index (χ1n) is 8.42. The molecule has 1 aliphatic carbocycles. The van der Waals surface area contributed by atoms with Crippen LogP contribution in [0.1, 0.15) is 47.6 Å². The van der Waals surface area contributed by atoms with Gasteiger partial charge in [0.1, 0.15) is 0 Å². The second-order valence-electron chi connectivity index (χ2n) is 7.68. The van der Waals surface area contributed by atoms with Crippen LogP contribution >= 0.6 is 0 Å². The summed E-state index contributed by atoms with van der Waals surface area (Å²) in [4.78, 5) is 12.5. The monoisotopic (exact) mass is 309 g/mol. The lowest BCUT2D eigenvalue weighted by Gasteiger charge is -2.29. The molecule has 1 aromatic heterocycles. The zero-order chi connectivity index (χ0) is 16.0. The number of carbonyl (C=O) groups is 1. The summed E-state index contributed by atoms with van der Waals surface area (Å²) in [5.41, 5.74) is 4.74. The maximum absolute atomic E-state index is 12.5.